The molecule has 1 saturated carbocycles. The van der Waals surface area contributed by atoms with Crippen molar-refractivity contribution >= 4 is 11.6 Å². The van der Waals surface area contributed by atoms with Gasteiger partial charge < -0.3 is 11.1 Å². The third-order valence-electron chi connectivity index (χ3n) is 5.72. The Balaban J connectivity index is 1.55. The van der Waals surface area contributed by atoms with Crippen LogP contribution in [-0.2, 0) is 0 Å². The fourth-order valence-electron chi connectivity index (χ4n) is 4.42. The highest BCUT2D eigenvalue weighted by Gasteiger charge is 2.52. The van der Waals surface area contributed by atoms with Crippen molar-refractivity contribution in [3.05, 3.63) is 0 Å². The molecule has 1 atom stereocenters. The molecule has 3 fully saturated rings. The topological polar surface area (TPSA) is 41.3 Å². The minimum atomic E-state index is -0.411. The van der Waals surface area contributed by atoms with Crippen LogP contribution in [0.1, 0.15) is 46.0 Å². The highest BCUT2D eigenvalue weighted by Crippen LogP contribution is 2.51. The summed E-state index contributed by atoms with van der Waals surface area (Å²) in [5.74, 6) is 0.709. The molecule has 0 radical (unpaired) electrons. The zero-order valence-electron chi connectivity index (χ0n) is 12.3. The molecule has 0 aromatic rings. The lowest BCUT2D eigenvalue weighted by Gasteiger charge is -2.60. The van der Waals surface area contributed by atoms with E-state index in [9.17, 15) is 0 Å². The summed E-state index contributed by atoms with van der Waals surface area (Å²) in [6, 6.07) is 0. The molecule has 2 heterocycles. The SMILES string of the molecule is CCCC(C)(CN1CC2(CCN2)C1)C1CC(N)(Cl)C1. The van der Waals surface area contributed by atoms with Crippen LogP contribution in [0.25, 0.3) is 0 Å². The normalized spacial score (nSPS) is 40.1. The molecule has 110 valence electrons. The molecule has 19 heavy (non-hydrogen) atoms. The number of halogens is 1. The highest BCUT2D eigenvalue weighted by atomic mass is 35.5. The van der Waals surface area contributed by atoms with Gasteiger partial charge in [0, 0.05) is 25.2 Å². The van der Waals surface area contributed by atoms with Gasteiger partial charge in [-0.15, -0.1) is 11.6 Å². The van der Waals surface area contributed by atoms with Crippen molar-refractivity contribution in [3.8, 4) is 0 Å². The second kappa shape index (κ2) is 4.59. The van der Waals surface area contributed by atoms with Crippen LogP contribution < -0.4 is 11.1 Å². The molecule has 0 aromatic carbocycles. The number of nitrogens with two attached hydrogens (primary N) is 1. The Morgan fingerprint density at radius 2 is 2.05 bits per heavy atom. The Labute approximate surface area is 122 Å². The van der Waals surface area contributed by atoms with Gasteiger partial charge in [-0.1, -0.05) is 20.3 Å². The van der Waals surface area contributed by atoms with E-state index in [2.05, 4.69) is 24.1 Å². The Hall–Kier alpha value is 0.170. The predicted octanol–water partition coefficient (Wildman–Crippen LogP) is 2.14. The predicted molar refractivity (Wildman–Crippen MR) is 80.3 cm³/mol. The quantitative estimate of drug-likeness (QED) is 0.601. The number of hydrogen-bond donors (Lipinski definition) is 2. The van der Waals surface area contributed by atoms with Gasteiger partial charge in [-0.2, -0.15) is 0 Å². The van der Waals surface area contributed by atoms with Gasteiger partial charge in [-0.3, -0.25) is 4.90 Å². The molecule has 3 rings (SSSR count). The van der Waals surface area contributed by atoms with Gasteiger partial charge in [-0.05, 0) is 43.6 Å². The summed E-state index contributed by atoms with van der Waals surface area (Å²) in [6.07, 6.45) is 5.89. The number of alkyl halides is 1. The summed E-state index contributed by atoms with van der Waals surface area (Å²) in [7, 11) is 0. The minimum Gasteiger partial charge on any atom is -0.313 e. The van der Waals surface area contributed by atoms with E-state index < -0.39 is 5.00 Å². The van der Waals surface area contributed by atoms with Crippen LogP contribution in [0.3, 0.4) is 0 Å². The van der Waals surface area contributed by atoms with E-state index in [0.717, 1.165) is 12.8 Å². The maximum atomic E-state index is 6.22. The minimum absolute atomic E-state index is 0.401. The van der Waals surface area contributed by atoms with Gasteiger partial charge in [0.25, 0.3) is 0 Å². The lowest BCUT2D eigenvalue weighted by Crippen LogP contribution is -2.76. The largest absolute Gasteiger partial charge is 0.313 e. The molecule has 3 aliphatic rings. The third-order valence-corrected chi connectivity index (χ3v) is 6.03. The summed E-state index contributed by atoms with van der Waals surface area (Å²) in [5, 5.41) is 3.59. The van der Waals surface area contributed by atoms with E-state index in [1.807, 2.05) is 0 Å². The van der Waals surface area contributed by atoms with Gasteiger partial charge >= 0.3 is 0 Å². The van der Waals surface area contributed by atoms with E-state index in [4.69, 9.17) is 17.3 Å². The molecule has 0 bridgehead atoms. The van der Waals surface area contributed by atoms with Crippen molar-refractivity contribution < 1.29 is 0 Å². The fourth-order valence-corrected chi connectivity index (χ4v) is 4.79. The molecule has 4 heteroatoms. The summed E-state index contributed by atoms with van der Waals surface area (Å²) in [5.41, 5.74) is 6.90. The van der Waals surface area contributed by atoms with Crippen LogP contribution in [0.5, 0.6) is 0 Å². The number of nitrogens with one attached hydrogen (secondary N) is 1. The van der Waals surface area contributed by atoms with Gasteiger partial charge in [0.15, 0.2) is 0 Å². The van der Waals surface area contributed by atoms with Crippen molar-refractivity contribution in [2.45, 2.75) is 56.5 Å². The Morgan fingerprint density at radius 1 is 1.42 bits per heavy atom. The van der Waals surface area contributed by atoms with Crippen LogP contribution in [0.4, 0.5) is 0 Å². The van der Waals surface area contributed by atoms with Gasteiger partial charge in [0.2, 0.25) is 0 Å². The van der Waals surface area contributed by atoms with E-state index >= 15 is 0 Å². The molecular formula is C15H28ClN3. The Bertz CT molecular complexity index is 337. The average Bonchev–Trinajstić information content (AvgIpc) is 2.17. The molecule has 0 amide bonds. The van der Waals surface area contributed by atoms with Crippen LogP contribution in [0.15, 0.2) is 0 Å². The number of likely N-dealkylation sites (tertiary alicyclic amines) is 1. The van der Waals surface area contributed by atoms with E-state index in [1.165, 1.54) is 45.4 Å². The van der Waals surface area contributed by atoms with Crippen molar-refractivity contribution in [2.75, 3.05) is 26.2 Å². The van der Waals surface area contributed by atoms with Crippen molar-refractivity contribution in [1.29, 1.82) is 0 Å². The first-order valence-corrected chi connectivity index (χ1v) is 8.20. The molecular weight excluding hydrogens is 258 g/mol. The lowest BCUT2D eigenvalue weighted by molar-refractivity contribution is -0.0574. The molecule has 2 aliphatic heterocycles. The molecule has 3 N–H and O–H groups in total. The van der Waals surface area contributed by atoms with Gasteiger partial charge in [0.1, 0.15) is 0 Å². The number of hydrogen-bond acceptors (Lipinski definition) is 3. The molecule has 1 unspecified atom stereocenters. The first kappa shape index (κ1) is 14.1. The molecule has 0 aromatic heterocycles. The second-order valence-electron chi connectivity index (χ2n) is 7.65. The standard InChI is InChI=1S/C15H28ClN3/c1-3-4-13(2,12-7-15(16,17)8-12)9-19-10-14(11-19)5-6-18-14/h12,18H,3-11,17H2,1-2H3. The average molecular weight is 286 g/mol. The third kappa shape index (κ3) is 2.55. The maximum Gasteiger partial charge on any atom is 0.0916 e. The van der Waals surface area contributed by atoms with Gasteiger partial charge in [-0.25, -0.2) is 0 Å². The highest BCUT2D eigenvalue weighted by molar-refractivity contribution is 6.24. The molecule has 1 aliphatic carbocycles. The fraction of sp³-hybridized carbons (Fsp3) is 1.00. The maximum absolute atomic E-state index is 6.22. The summed E-state index contributed by atoms with van der Waals surface area (Å²) in [4.78, 5) is 2.22. The summed E-state index contributed by atoms with van der Waals surface area (Å²) >= 11 is 6.22. The summed E-state index contributed by atoms with van der Waals surface area (Å²) < 4.78 is 0. The first-order chi connectivity index (χ1) is 8.87. The van der Waals surface area contributed by atoms with E-state index in [1.54, 1.807) is 0 Å². The zero-order valence-corrected chi connectivity index (χ0v) is 13.1. The van der Waals surface area contributed by atoms with Gasteiger partial charge in [0.05, 0.1) is 5.00 Å². The molecule has 3 nitrogen and oxygen atoms in total. The number of rotatable bonds is 5. The first-order valence-electron chi connectivity index (χ1n) is 7.82. The summed E-state index contributed by atoms with van der Waals surface area (Å²) in [6.45, 7) is 9.67. The monoisotopic (exact) mass is 285 g/mol. The van der Waals surface area contributed by atoms with Crippen molar-refractivity contribution in [3.63, 3.8) is 0 Å². The number of nitrogens with zero attached hydrogens (tertiary/aromatic N) is 1. The Morgan fingerprint density at radius 3 is 2.47 bits per heavy atom. The van der Waals surface area contributed by atoms with Crippen LogP contribution in [0, 0.1) is 11.3 Å². The lowest BCUT2D eigenvalue weighted by atomic mass is 9.61. The van der Waals surface area contributed by atoms with Crippen molar-refractivity contribution in [2.24, 2.45) is 17.1 Å². The van der Waals surface area contributed by atoms with Crippen molar-refractivity contribution in [1.82, 2.24) is 10.2 Å². The van der Waals surface area contributed by atoms with Crippen LogP contribution in [0.2, 0.25) is 0 Å². The molecule has 2 saturated heterocycles. The van der Waals surface area contributed by atoms with Crippen LogP contribution >= 0.6 is 11.6 Å². The second-order valence-corrected chi connectivity index (χ2v) is 8.40. The van der Waals surface area contributed by atoms with E-state index in [-0.39, 0.29) is 0 Å². The Kier molecular flexibility index (Phi) is 3.41. The van der Waals surface area contributed by atoms with Crippen LogP contribution in [-0.4, -0.2) is 41.6 Å². The smallest absolute Gasteiger partial charge is 0.0916 e. The van der Waals surface area contributed by atoms with E-state index in [0.29, 0.717) is 16.9 Å². The molecule has 1 spiro atoms. The zero-order chi connectivity index (χ0) is 13.7.